The molecule has 1 saturated heterocycles. The second kappa shape index (κ2) is 27.6. The highest BCUT2D eigenvalue weighted by Gasteiger charge is 2.47. The monoisotopic (exact) mass is 967 g/mol. The summed E-state index contributed by atoms with van der Waals surface area (Å²) < 4.78 is 52.9. The molecular formula is C52H98O10Si3. The topological polar surface area (TPSA) is 111 Å². The van der Waals surface area contributed by atoms with E-state index in [0.29, 0.717) is 25.9 Å². The fraction of sp³-hybridized carbons (Fsp3) is 0.846. The number of hydrogen-bond acceptors (Lipinski definition) is 10. The normalized spacial score (nSPS) is 27.2. The van der Waals surface area contributed by atoms with Crippen molar-refractivity contribution in [2.24, 2.45) is 17.8 Å². The highest BCUT2D eigenvalue weighted by Crippen LogP contribution is 2.42. The Balaban J connectivity index is 2.60. The van der Waals surface area contributed by atoms with Gasteiger partial charge in [-0.1, -0.05) is 108 Å². The van der Waals surface area contributed by atoms with Crippen molar-refractivity contribution < 1.29 is 46.6 Å². The minimum absolute atomic E-state index is 0.00902. The first-order valence-corrected chi connectivity index (χ1v) is 33.7. The molecule has 378 valence electrons. The fourth-order valence-corrected chi connectivity index (χ4v) is 19.1. The Hall–Kier alpha value is -1.59. The number of hydrogen-bond donors (Lipinski definition) is 0. The van der Waals surface area contributed by atoms with E-state index in [1.54, 1.807) is 0 Å². The number of rotatable bonds is 28. The van der Waals surface area contributed by atoms with E-state index in [9.17, 15) is 9.59 Å². The van der Waals surface area contributed by atoms with Crippen LogP contribution in [0.4, 0.5) is 0 Å². The Morgan fingerprint density at radius 2 is 1.43 bits per heavy atom. The predicted octanol–water partition coefficient (Wildman–Crippen LogP) is 13.8. The first-order valence-electron chi connectivity index (χ1n) is 26.1. The van der Waals surface area contributed by atoms with Crippen LogP contribution in [0, 0.1) is 17.8 Å². The van der Waals surface area contributed by atoms with Crippen molar-refractivity contribution in [3.05, 3.63) is 36.1 Å². The maximum absolute atomic E-state index is 14.2. The van der Waals surface area contributed by atoms with Crippen LogP contribution in [0.5, 0.6) is 0 Å². The minimum atomic E-state index is -2.12. The Morgan fingerprint density at radius 1 is 0.862 bits per heavy atom. The summed E-state index contributed by atoms with van der Waals surface area (Å²) in [6, 6.07) is 9.35. The summed E-state index contributed by atoms with van der Waals surface area (Å²) in [4.78, 5) is 26.8. The number of carbonyl (C=O) groups excluding carboxylic acids is 2. The second-order valence-corrected chi connectivity index (χ2v) is 33.9. The minimum Gasteiger partial charge on any atom is -0.483 e. The average molecular weight is 968 g/mol. The standard InChI is InChI=1S/C52H98O10Si3/c1-19-45(61-64(24-6,25-7)26-8)41(14)50-46(57-50)38-51(17,62-65(27-9,28-10)29-11)35-30-31-39(12)49-40(13)32-33-47(56-42(15)53)52(18,59-43(16)55-20-2)36-34-44(37-48(54)58-49)60-63(21-3,22-4)23-5/h30,32-33,35,38-41,43-45,47,49-50H,19-29,31,34,36-37H2,1-18H3. The van der Waals surface area contributed by atoms with Crippen molar-refractivity contribution in [1.29, 1.82) is 0 Å². The van der Waals surface area contributed by atoms with Crippen molar-refractivity contribution in [3.8, 4) is 0 Å². The molecule has 65 heavy (non-hydrogen) atoms. The highest BCUT2D eigenvalue weighted by molar-refractivity contribution is 6.74. The van der Waals surface area contributed by atoms with E-state index in [1.807, 2.05) is 32.9 Å². The third kappa shape index (κ3) is 17.4. The van der Waals surface area contributed by atoms with Gasteiger partial charge in [-0.25, -0.2) is 0 Å². The van der Waals surface area contributed by atoms with Gasteiger partial charge in [-0.05, 0) is 126 Å². The van der Waals surface area contributed by atoms with Crippen molar-refractivity contribution in [2.75, 3.05) is 6.61 Å². The molecule has 11 unspecified atom stereocenters. The van der Waals surface area contributed by atoms with Crippen molar-refractivity contribution in [1.82, 2.24) is 0 Å². The van der Waals surface area contributed by atoms with Gasteiger partial charge in [0.25, 0.3) is 0 Å². The summed E-state index contributed by atoms with van der Waals surface area (Å²) in [6.07, 6.45) is 11.4. The number of carbonyl (C=O) groups is 2. The van der Waals surface area contributed by atoms with E-state index in [4.69, 9.17) is 37.0 Å². The van der Waals surface area contributed by atoms with Crippen LogP contribution in [0.25, 0.3) is 0 Å². The van der Waals surface area contributed by atoms with Gasteiger partial charge in [-0.15, -0.1) is 0 Å². The van der Waals surface area contributed by atoms with Crippen LogP contribution in [0.15, 0.2) is 36.1 Å². The lowest BCUT2D eigenvalue weighted by atomic mass is 9.86. The molecule has 0 saturated carbocycles. The van der Waals surface area contributed by atoms with Crippen LogP contribution in [0.2, 0.25) is 54.4 Å². The van der Waals surface area contributed by atoms with E-state index >= 15 is 0 Å². The molecule has 2 aliphatic heterocycles. The molecule has 0 spiro atoms. The third-order valence-corrected chi connectivity index (χ3v) is 29.5. The lowest BCUT2D eigenvalue weighted by Gasteiger charge is -2.40. The molecule has 1 fully saturated rings. The molecule has 0 N–H and O–H groups in total. The van der Waals surface area contributed by atoms with Gasteiger partial charge in [0.1, 0.15) is 23.6 Å². The zero-order chi connectivity index (χ0) is 49.2. The average Bonchev–Trinajstić information content (AvgIpc) is 4.05. The molecule has 0 radical (unpaired) electrons. The van der Waals surface area contributed by atoms with Crippen LogP contribution < -0.4 is 0 Å². The SMILES string of the molecule is CCOC(C)OC1(C)CCC(O[Si](CC)(CC)CC)CC(=O)OC(C(C)CC=CC(C)(C=C2OC2C(C)C(CC)O[Si](CC)(CC)CC)O[Si](CC)(CC)CC)C(C)C=CC1OC(C)=O. The molecule has 0 aromatic heterocycles. The van der Waals surface area contributed by atoms with Crippen molar-refractivity contribution in [2.45, 2.75) is 259 Å². The van der Waals surface area contributed by atoms with Crippen LogP contribution in [-0.4, -0.2) is 91.5 Å². The fourth-order valence-electron chi connectivity index (χ4n) is 10.1. The first-order chi connectivity index (χ1) is 30.6. The Labute approximate surface area is 401 Å². The van der Waals surface area contributed by atoms with Gasteiger partial charge in [0.05, 0.1) is 24.2 Å². The maximum atomic E-state index is 14.2. The first kappa shape index (κ1) is 59.5. The molecule has 0 aromatic rings. The molecule has 11 atom stereocenters. The maximum Gasteiger partial charge on any atom is 0.308 e. The lowest BCUT2D eigenvalue weighted by Crippen LogP contribution is -2.48. The van der Waals surface area contributed by atoms with Gasteiger partial charge in [-0.3, -0.25) is 9.59 Å². The molecule has 0 aromatic carbocycles. The summed E-state index contributed by atoms with van der Waals surface area (Å²) >= 11 is 0. The molecule has 0 amide bonds. The highest BCUT2D eigenvalue weighted by atomic mass is 28.4. The summed E-state index contributed by atoms with van der Waals surface area (Å²) in [5.41, 5.74) is -1.63. The lowest BCUT2D eigenvalue weighted by molar-refractivity contribution is -0.227. The van der Waals surface area contributed by atoms with Gasteiger partial charge >= 0.3 is 11.9 Å². The van der Waals surface area contributed by atoms with E-state index in [2.05, 4.69) is 115 Å². The van der Waals surface area contributed by atoms with E-state index in [1.165, 1.54) is 6.92 Å². The van der Waals surface area contributed by atoms with Gasteiger partial charge in [0, 0.05) is 25.4 Å². The van der Waals surface area contributed by atoms with Crippen LogP contribution in [-0.2, 0) is 46.6 Å². The smallest absolute Gasteiger partial charge is 0.308 e. The van der Waals surface area contributed by atoms with Crippen LogP contribution in [0.3, 0.4) is 0 Å². The van der Waals surface area contributed by atoms with E-state index < -0.39 is 60.6 Å². The molecule has 0 bridgehead atoms. The quantitative estimate of drug-likeness (QED) is 0.0247. The Kier molecular flexibility index (Phi) is 25.2. The van der Waals surface area contributed by atoms with Gasteiger partial charge in [0.15, 0.2) is 37.3 Å². The largest absolute Gasteiger partial charge is 0.483 e. The summed E-state index contributed by atoms with van der Waals surface area (Å²) in [7, 11) is -5.98. The van der Waals surface area contributed by atoms with E-state index in [-0.39, 0.29) is 48.5 Å². The number of allylic oxidation sites excluding steroid dienone is 1. The number of epoxide rings is 1. The number of ether oxygens (including phenoxy) is 5. The van der Waals surface area contributed by atoms with Crippen LogP contribution in [0.1, 0.15) is 157 Å². The molecule has 2 heterocycles. The zero-order valence-corrected chi connectivity index (χ0v) is 47.8. The summed E-state index contributed by atoms with van der Waals surface area (Å²) in [6.45, 7) is 38.9. The Bertz CT molecular complexity index is 1480. The molecule has 2 aliphatic rings. The van der Waals surface area contributed by atoms with Crippen molar-refractivity contribution in [3.63, 3.8) is 0 Å². The molecule has 13 heteroatoms. The predicted molar refractivity (Wildman–Crippen MR) is 274 cm³/mol. The van der Waals surface area contributed by atoms with Crippen LogP contribution >= 0.6 is 0 Å². The van der Waals surface area contributed by atoms with Gasteiger partial charge < -0.3 is 37.0 Å². The van der Waals surface area contributed by atoms with Gasteiger partial charge in [0.2, 0.25) is 0 Å². The van der Waals surface area contributed by atoms with Gasteiger partial charge in [-0.2, -0.15) is 0 Å². The summed E-state index contributed by atoms with van der Waals surface area (Å²) in [5.74, 6) is 0.299. The Morgan fingerprint density at radius 3 is 1.94 bits per heavy atom. The molecule has 0 aliphatic carbocycles. The summed E-state index contributed by atoms with van der Waals surface area (Å²) in [5, 5.41) is 0. The van der Waals surface area contributed by atoms with E-state index in [0.717, 1.165) is 66.6 Å². The second-order valence-electron chi connectivity index (χ2n) is 19.8. The number of cyclic esters (lactones) is 1. The molecule has 10 nitrogen and oxygen atoms in total. The van der Waals surface area contributed by atoms with Crippen molar-refractivity contribution >= 4 is 36.9 Å². The zero-order valence-electron chi connectivity index (χ0n) is 44.8. The number of esters is 2. The molecular weight excluding hydrogens is 869 g/mol. The third-order valence-electron chi connectivity index (χ3n) is 15.4. The molecule has 2 rings (SSSR count).